The Morgan fingerprint density at radius 2 is 1.79 bits per heavy atom. The van der Waals surface area contributed by atoms with Crippen molar-refractivity contribution in [1.29, 1.82) is 0 Å². The highest BCUT2D eigenvalue weighted by atomic mass is 31.2. The van der Waals surface area contributed by atoms with Crippen LogP contribution in [-0.2, 0) is 32.6 Å². The second kappa shape index (κ2) is 10.2. The van der Waals surface area contributed by atoms with E-state index in [0.29, 0.717) is 13.2 Å². The highest BCUT2D eigenvalue weighted by Gasteiger charge is 2.45. The molecule has 0 aromatic rings. The Morgan fingerprint density at radius 3 is 2.33 bits per heavy atom. The van der Waals surface area contributed by atoms with Crippen molar-refractivity contribution in [3.8, 4) is 0 Å². The van der Waals surface area contributed by atoms with E-state index < -0.39 is 26.1 Å². The van der Waals surface area contributed by atoms with Gasteiger partial charge >= 0.3 is 7.82 Å². The minimum absolute atomic E-state index is 0.0484. The van der Waals surface area contributed by atoms with Gasteiger partial charge in [0.2, 0.25) is 0 Å². The summed E-state index contributed by atoms with van der Waals surface area (Å²) in [5.74, 6) is 0. The van der Waals surface area contributed by atoms with Gasteiger partial charge < -0.3 is 23.8 Å². The summed E-state index contributed by atoms with van der Waals surface area (Å²) in [7, 11) is -2.52. The van der Waals surface area contributed by atoms with Crippen LogP contribution in [0.5, 0.6) is 0 Å². The molecule has 1 heterocycles. The Balaban J connectivity index is 2.68. The standard InChI is InChI=1S/C15H31O8P/c1-10(2)21-15-13(9-20-24(16,17)23-11(3)4)22-12(5)14(15)19-8-7-18-6/h10-15H,7-9H2,1-6H3,(H,16,17)/t12-,13+,14+,15?/m0/s1. The van der Waals surface area contributed by atoms with Gasteiger partial charge in [0.1, 0.15) is 18.3 Å². The zero-order valence-corrected chi connectivity index (χ0v) is 16.2. The van der Waals surface area contributed by atoms with Crippen LogP contribution < -0.4 is 0 Å². The van der Waals surface area contributed by atoms with E-state index in [2.05, 4.69) is 0 Å². The Hall–Kier alpha value is -0.0500. The first-order valence-electron chi connectivity index (χ1n) is 8.23. The zero-order valence-electron chi connectivity index (χ0n) is 15.3. The predicted octanol–water partition coefficient (Wildman–Crippen LogP) is 2.14. The molecule has 1 aliphatic rings. The van der Waals surface area contributed by atoms with Gasteiger partial charge in [0.15, 0.2) is 0 Å². The molecule has 0 amide bonds. The molecule has 24 heavy (non-hydrogen) atoms. The lowest BCUT2D eigenvalue weighted by molar-refractivity contribution is -0.0977. The highest BCUT2D eigenvalue weighted by molar-refractivity contribution is 7.47. The van der Waals surface area contributed by atoms with Crippen molar-refractivity contribution in [3.05, 3.63) is 0 Å². The fourth-order valence-electron chi connectivity index (χ4n) is 2.49. The van der Waals surface area contributed by atoms with Crippen LogP contribution in [0, 0.1) is 0 Å². The number of phosphoric ester groups is 1. The molecule has 0 spiro atoms. The molecule has 1 saturated heterocycles. The molecule has 1 N–H and O–H groups in total. The van der Waals surface area contributed by atoms with Gasteiger partial charge in [-0.05, 0) is 34.6 Å². The van der Waals surface area contributed by atoms with E-state index in [4.69, 9.17) is 28.0 Å². The Bertz CT molecular complexity index is 403. The van der Waals surface area contributed by atoms with Gasteiger partial charge in [-0.3, -0.25) is 9.05 Å². The molecule has 1 rings (SSSR count). The molecular formula is C15H31O8P. The van der Waals surface area contributed by atoms with Crippen LogP contribution in [0.2, 0.25) is 0 Å². The lowest BCUT2D eigenvalue weighted by atomic mass is 10.1. The van der Waals surface area contributed by atoms with Crippen LogP contribution in [0.4, 0.5) is 0 Å². The molecule has 0 aromatic carbocycles. The molecule has 1 fully saturated rings. The smallest absolute Gasteiger partial charge is 0.382 e. The second-order valence-electron chi connectivity index (χ2n) is 6.28. The number of methoxy groups -OCH3 is 1. The molecule has 5 atom stereocenters. The molecule has 2 unspecified atom stereocenters. The Kier molecular flexibility index (Phi) is 9.33. The van der Waals surface area contributed by atoms with Crippen molar-refractivity contribution in [1.82, 2.24) is 0 Å². The number of hydrogen-bond donors (Lipinski definition) is 1. The first-order chi connectivity index (χ1) is 11.2. The second-order valence-corrected chi connectivity index (χ2v) is 7.68. The van der Waals surface area contributed by atoms with Crippen LogP contribution in [0.25, 0.3) is 0 Å². The molecule has 144 valence electrons. The molecule has 1 aliphatic heterocycles. The lowest BCUT2D eigenvalue weighted by Gasteiger charge is -2.26. The summed E-state index contributed by atoms with van der Waals surface area (Å²) < 4.78 is 44.3. The van der Waals surface area contributed by atoms with E-state index in [9.17, 15) is 9.46 Å². The molecule has 9 heteroatoms. The van der Waals surface area contributed by atoms with Gasteiger partial charge in [0, 0.05) is 7.11 Å². The summed E-state index contributed by atoms with van der Waals surface area (Å²) in [4.78, 5) is 9.69. The molecular weight excluding hydrogens is 339 g/mol. The summed E-state index contributed by atoms with van der Waals surface area (Å²) in [6.45, 7) is 9.76. The molecule has 0 bridgehead atoms. The fraction of sp³-hybridized carbons (Fsp3) is 1.00. The van der Waals surface area contributed by atoms with Gasteiger partial charge in [-0.25, -0.2) is 4.57 Å². The van der Waals surface area contributed by atoms with Gasteiger partial charge in [-0.1, -0.05) is 0 Å². The van der Waals surface area contributed by atoms with Gasteiger partial charge in [-0.15, -0.1) is 0 Å². The maximum atomic E-state index is 11.9. The average Bonchev–Trinajstić information content (AvgIpc) is 2.72. The molecule has 0 saturated carbocycles. The minimum Gasteiger partial charge on any atom is -0.382 e. The Morgan fingerprint density at radius 1 is 1.12 bits per heavy atom. The lowest BCUT2D eigenvalue weighted by Crippen LogP contribution is -2.40. The van der Waals surface area contributed by atoms with E-state index in [0.717, 1.165) is 0 Å². The van der Waals surface area contributed by atoms with E-state index in [1.54, 1.807) is 21.0 Å². The monoisotopic (exact) mass is 370 g/mol. The average molecular weight is 370 g/mol. The largest absolute Gasteiger partial charge is 0.472 e. The third-order valence-corrected chi connectivity index (χ3v) is 4.48. The van der Waals surface area contributed by atoms with Crippen molar-refractivity contribution < 1.29 is 37.5 Å². The van der Waals surface area contributed by atoms with E-state index in [1.807, 2.05) is 20.8 Å². The van der Waals surface area contributed by atoms with Crippen molar-refractivity contribution in [3.63, 3.8) is 0 Å². The molecule has 0 aromatic heterocycles. The molecule has 0 radical (unpaired) electrons. The summed E-state index contributed by atoms with van der Waals surface area (Å²) in [6, 6.07) is 0. The number of phosphoric acid groups is 1. The van der Waals surface area contributed by atoms with E-state index >= 15 is 0 Å². The van der Waals surface area contributed by atoms with Gasteiger partial charge in [0.25, 0.3) is 0 Å². The topological polar surface area (TPSA) is 92.7 Å². The summed E-state index contributed by atoms with van der Waals surface area (Å²) >= 11 is 0. The Labute approximate surface area is 144 Å². The van der Waals surface area contributed by atoms with Crippen LogP contribution in [0.3, 0.4) is 0 Å². The normalized spacial score (nSPS) is 30.2. The van der Waals surface area contributed by atoms with Crippen LogP contribution in [0.15, 0.2) is 0 Å². The minimum atomic E-state index is -4.12. The van der Waals surface area contributed by atoms with Crippen LogP contribution in [-0.4, -0.2) is 68.4 Å². The quantitative estimate of drug-likeness (QED) is 0.437. The van der Waals surface area contributed by atoms with Crippen LogP contribution in [0.1, 0.15) is 34.6 Å². The van der Waals surface area contributed by atoms with Crippen LogP contribution >= 0.6 is 7.82 Å². The van der Waals surface area contributed by atoms with E-state index in [1.165, 1.54) is 0 Å². The summed E-state index contributed by atoms with van der Waals surface area (Å²) in [5, 5.41) is 0. The molecule has 8 nitrogen and oxygen atoms in total. The van der Waals surface area contributed by atoms with Crippen molar-refractivity contribution in [2.45, 2.75) is 71.2 Å². The number of hydrogen-bond acceptors (Lipinski definition) is 7. The fourth-order valence-corrected chi connectivity index (χ4v) is 3.41. The van der Waals surface area contributed by atoms with Gasteiger partial charge in [-0.2, -0.15) is 0 Å². The first kappa shape index (κ1) is 22.0. The summed E-state index contributed by atoms with van der Waals surface area (Å²) in [6.07, 6.45) is -1.93. The maximum absolute atomic E-state index is 11.9. The predicted molar refractivity (Wildman–Crippen MR) is 88.0 cm³/mol. The number of ether oxygens (including phenoxy) is 4. The first-order valence-corrected chi connectivity index (χ1v) is 9.73. The van der Waals surface area contributed by atoms with Crippen molar-refractivity contribution in [2.24, 2.45) is 0 Å². The SMILES string of the molecule is COCCO[C@H]1C(OC(C)C)[C@@H](COP(=O)(O)OC(C)C)O[C@H]1C. The van der Waals surface area contributed by atoms with E-state index in [-0.39, 0.29) is 24.9 Å². The third-order valence-electron chi connectivity index (χ3n) is 3.32. The van der Waals surface area contributed by atoms with Gasteiger partial charge in [0.05, 0.1) is 38.1 Å². The number of rotatable bonds is 11. The third kappa shape index (κ3) is 7.45. The highest BCUT2D eigenvalue weighted by Crippen LogP contribution is 2.45. The maximum Gasteiger partial charge on any atom is 0.472 e. The summed E-state index contributed by atoms with van der Waals surface area (Å²) in [5.41, 5.74) is 0. The van der Waals surface area contributed by atoms with Crippen molar-refractivity contribution >= 4 is 7.82 Å². The molecule has 0 aliphatic carbocycles. The zero-order chi connectivity index (χ0) is 18.3. The van der Waals surface area contributed by atoms with Crippen molar-refractivity contribution in [2.75, 3.05) is 26.9 Å².